The number of rotatable bonds is 4. The minimum atomic E-state index is -0.688. The van der Waals surface area contributed by atoms with Crippen molar-refractivity contribution < 1.29 is 9.50 Å². The van der Waals surface area contributed by atoms with Crippen molar-refractivity contribution >= 4 is 5.69 Å². The van der Waals surface area contributed by atoms with Gasteiger partial charge in [0.05, 0.1) is 11.3 Å². The number of hydrogen-bond donors (Lipinski definition) is 2. The molecule has 0 radical (unpaired) electrons. The second-order valence-electron chi connectivity index (χ2n) is 5.75. The summed E-state index contributed by atoms with van der Waals surface area (Å²) in [4.78, 5) is 1.80. The zero-order valence-electron chi connectivity index (χ0n) is 11.7. The lowest BCUT2D eigenvalue weighted by molar-refractivity contribution is 0.0558. The molecule has 0 bridgehead atoms. The summed E-state index contributed by atoms with van der Waals surface area (Å²) in [5.41, 5.74) is 6.51. The van der Waals surface area contributed by atoms with Crippen molar-refractivity contribution in [2.75, 3.05) is 18.5 Å². The first kappa shape index (κ1) is 14.3. The first-order chi connectivity index (χ1) is 8.93. The maximum atomic E-state index is 14.1. The first-order valence-electron chi connectivity index (χ1n) is 6.90. The maximum absolute atomic E-state index is 14.1. The fraction of sp³-hybridized carbons (Fsp3) is 0.600. The van der Waals surface area contributed by atoms with Crippen LogP contribution in [0.5, 0.6) is 0 Å². The van der Waals surface area contributed by atoms with Crippen molar-refractivity contribution in [3.05, 3.63) is 29.6 Å². The molecule has 1 aliphatic carbocycles. The van der Waals surface area contributed by atoms with Crippen LogP contribution in [0.3, 0.4) is 0 Å². The van der Waals surface area contributed by atoms with E-state index in [-0.39, 0.29) is 11.9 Å². The topological polar surface area (TPSA) is 49.5 Å². The van der Waals surface area contributed by atoms with Crippen LogP contribution in [0.1, 0.15) is 44.2 Å². The Morgan fingerprint density at radius 3 is 2.63 bits per heavy atom. The summed E-state index contributed by atoms with van der Waals surface area (Å²) in [6.07, 6.45) is 3.67. The van der Waals surface area contributed by atoms with Crippen LogP contribution < -0.4 is 10.6 Å². The number of aliphatic hydroxyl groups is 1. The van der Waals surface area contributed by atoms with E-state index in [1.165, 1.54) is 6.07 Å². The molecule has 106 valence electrons. The van der Waals surface area contributed by atoms with Gasteiger partial charge >= 0.3 is 0 Å². The molecule has 1 saturated carbocycles. The van der Waals surface area contributed by atoms with Gasteiger partial charge in [0.15, 0.2) is 0 Å². The van der Waals surface area contributed by atoms with Gasteiger partial charge in [-0.25, -0.2) is 4.39 Å². The smallest absolute Gasteiger partial charge is 0.146 e. The van der Waals surface area contributed by atoms with Crippen molar-refractivity contribution in [1.29, 1.82) is 0 Å². The minimum Gasteiger partial charge on any atom is -0.388 e. The third-order valence-corrected chi connectivity index (χ3v) is 3.96. The number of nitrogens with two attached hydrogens (primary N) is 1. The van der Waals surface area contributed by atoms with Crippen LogP contribution in [0.2, 0.25) is 0 Å². The number of anilines is 1. The number of likely N-dealkylation sites (N-methyl/N-ethyl adjacent to an activating group) is 1. The Balaban J connectivity index is 2.25. The summed E-state index contributed by atoms with van der Waals surface area (Å²) in [7, 11) is 1.82. The second-order valence-corrected chi connectivity index (χ2v) is 5.75. The molecule has 1 aromatic carbocycles. The van der Waals surface area contributed by atoms with Gasteiger partial charge in [0.1, 0.15) is 5.82 Å². The molecule has 0 heterocycles. The van der Waals surface area contributed by atoms with E-state index in [2.05, 4.69) is 0 Å². The zero-order chi connectivity index (χ0) is 14.0. The molecule has 1 unspecified atom stereocenters. The average Bonchev–Trinajstić information content (AvgIpc) is 2.74. The molecule has 0 spiro atoms. The van der Waals surface area contributed by atoms with Gasteiger partial charge in [-0.2, -0.15) is 0 Å². The van der Waals surface area contributed by atoms with Crippen molar-refractivity contribution in [3.63, 3.8) is 0 Å². The Bertz CT molecular complexity index is 442. The number of para-hydroxylation sites is 1. The van der Waals surface area contributed by atoms with E-state index in [1.807, 2.05) is 20.0 Å². The highest BCUT2D eigenvalue weighted by atomic mass is 19.1. The summed E-state index contributed by atoms with van der Waals surface area (Å²) >= 11 is 0. The van der Waals surface area contributed by atoms with Crippen LogP contribution in [0.15, 0.2) is 18.2 Å². The minimum absolute atomic E-state index is 0.230. The van der Waals surface area contributed by atoms with E-state index < -0.39 is 5.60 Å². The summed E-state index contributed by atoms with van der Waals surface area (Å²) < 4.78 is 14.1. The van der Waals surface area contributed by atoms with Gasteiger partial charge in [0.25, 0.3) is 0 Å². The van der Waals surface area contributed by atoms with Crippen molar-refractivity contribution in [2.45, 2.75) is 44.2 Å². The molecule has 1 aliphatic rings. The molecule has 4 heteroatoms. The van der Waals surface area contributed by atoms with Crippen LogP contribution in [0.4, 0.5) is 10.1 Å². The normalized spacial score (nSPS) is 19.4. The molecule has 0 amide bonds. The molecule has 3 N–H and O–H groups in total. The van der Waals surface area contributed by atoms with E-state index in [0.717, 1.165) is 31.2 Å². The predicted octanol–water partition coefficient (Wildman–Crippen LogP) is 2.59. The Kier molecular flexibility index (Phi) is 4.11. The molecule has 1 atom stereocenters. The summed E-state index contributed by atoms with van der Waals surface area (Å²) in [6, 6.07) is 4.73. The van der Waals surface area contributed by atoms with Crippen molar-refractivity contribution in [3.8, 4) is 0 Å². The van der Waals surface area contributed by atoms with Crippen molar-refractivity contribution in [1.82, 2.24) is 0 Å². The highest BCUT2D eigenvalue weighted by molar-refractivity contribution is 5.55. The zero-order valence-corrected chi connectivity index (χ0v) is 11.7. The second kappa shape index (κ2) is 5.47. The molecule has 1 fully saturated rings. The van der Waals surface area contributed by atoms with Gasteiger partial charge in [-0.05, 0) is 31.4 Å². The average molecular weight is 266 g/mol. The van der Waals surface area contributed by atoms with Crippen LogP contribution in [0, 0.1) is 5.82 Å². The van der Waals surface area contributed by atoms with Gasteiger partial charge in [0.2, 0.25) is 0 Å². The van der Waals surface area contributed by atoms with E-state index in [9.17, 15) is 9.50 Å². The molecule has 2 rings (SSSR count). The quantitative estimate of drug-likeness (QED) is 0.880. The standard InChI is InChI=1S/C15H23FN2O/c1-11(17)12-6-5-7-13(16)14(12)18(2)10-15(19)8-3-4-9-15/h5-7,11,19H,3-4,8-10,17H2,1-2H3. The van der Waals surface area contributed by atoms with Crippen molar-refractivity contribution in [2.24, 2.45) is 5.73 Å². The number of nitrogens with zero attached hydrogens (tertiary/aromatic N) is 1. The van der Waals surface area contributed by atoms with Gasteiger partial charge in [0, 0.05) is 19.6 Å². The van der Waals surface area contributed by atoms with Gasteiger partial charge in [-0.1, -0.05) is 25.0 Å². The number of benzene rings is 1. The Morgan fingerprint density at radius 2 is 2.05 bits per heavy atom. The molecule has 19 heavy (non-hydrogen) atoms. The fourth-order valence-corrected chi connectivity index (χ4v) is 3.01. The molecule has 0 saturated heterocycles. The van der Waals surface area contributed by atoms with Gasteiger partial charge in [-0.15, -0.1) is 0 Å². The highest BCUT2D eigenvalue weighted by Crippen LogP contribution is 2.33. The largest absolute Gasteiger partial charge is 0.388 e. The maximum Gasteiger partial charge on any atom is 0.146 e. The monoisotopic (exact) mass is 266 g/mol. The lowest BCUT2D eigenvalue weighted by Crippen LogP contribution is -2.40. The SMILES string of the molecule is CC(N)c1cccc(F)c1N(C)CC1(O)CCCC1. The van der Waals surface area contributed by atoms with Crippen LogP contribution in [-0.4, -0.2) is 24.3 Å². The number of hydrogen-bond acceptors (Lipinski definition) is 3. The van der Waals surface area contributed by atoms with Crippen LogP contribution >= 0.6 is 0 Å². The molecule has 3 nitrogen and oxygen atoms in total. The summed E-state index contributed by atoms with van der Waals surface area (Å²) in [6.45, 7) is 2.30. The Labute approximate surface area is 114 Å². The molecule has 1 aromatic rings. The number of halogens is 1. The third-order valence-electron chi connectivity index (χ3n) is 3.96. The predicted molar refractivity (Wildman–Crippen MR) is 75.7 cm³/mol. The molecule has 0 aromatic heterocycles. The van der Waals surface area contributed by atoms with E-state index in [4.69, 9.17) is 5.73 Å². The molecular weight excluding hydrogens is 243 g/mol. The Hall–Kier alpha value is -1.13. The van der Waals surface area contributed by atoms with E-state index in [1.54, 1.807) is 11.0 Å². The first-order valence-corrected chi connectivity index (χ1v) is 6.90. The van der Waals surface area contributed by atoms with Gasteiger partial charge < -0.3 is 15.7 Å². The van der Waals surface area contributed by atoms with Gasteiger partial charge in [-0.3, -0.25) is 0 Å². The molecular formula is C15H23FN2O. The molecule has 0 aliphatic heterocycles. The third kappa shape index (κ3) is 3.07. The fourth-order valence-electron chi connectivity index (χ4n) is 3.01. The van der Waals surface area contributed by atoms with Crippen LogP contribution in [-0.2, 0) is 0 Å². The highest BCUT2D eigenvalue weighted by Gasteiger charge is 2.33. The lowest BCUT2D eigenvalue weighted by Gasteiger charge is -2.32. The van der Waals surface area contributed by atoms with Crippen LogP contribution in [0.25, 0.3) is 0 Å². The van der Waals surface area contributed by atoms with E-state index >= 15 is 0 Å². The Morgan fingerprint density at radius 1 is 1.42 bits per heavy atom. The lowest BCUT2D eigenvalue weighted by atomic mass is 10.00. The van der Waals surface area contributed by atoms with E-state index in [0.29, 0.717) is 12.2 Å². The summed E-state index contributed by atoms with van der Waals surface area (Å²) in [5.74, 6) is -0.279. The summed E-state index contributed by atoms with van der Waals surface area (Å²) in [5, 5.41) is 10.4.